The highest BCUT2D eigenvalue weighted by atomic mass is 35.5. The number of sulfonamides is 1. The Labute approximate surface area is 122 Å². The fraction of sp³-hybridized carbons (Fsp3) is 0.500. The van der Waals surface area contributed by atoms with Gasteiger partial charge >= 0.3 is 5.69 Å². The molecule has 0 spiro atoms. The fourth-order valence-corrected chi connectivity index (χ4v) is 3.35. The summed E-state index contributed by atoms with van der Waals surface area (Å²) in [5.41, 5.74) is -0.510. The van der Waals surface area contributed by atoms with E-state index in [0.717, 1.165) is 19.2 Å². The number of nitro groups is 1. The van der Waals surface area contributed by atoms with Crippen LogP contribution in [0.15, 0.2) is 23.4 Å². The Kier molecular flexibility index (Phi) is 5.81. The Morgan fingerprint density at radius 2 is 2.05 bits per heavy atom. The molecular formula is C10H15ClN4O4S. The number of nitrogens with zero attached hydrogens (tertiary/aromatic N) is 2. The van der Waals surface area contributed by atoms with Crippen molar-refractivity contribution in [3.05, 3.63) is 28.4 Å². The van der Waals surface area contributed by atoms with Crippen molar-refractivity contribution in [3.63, 3.8) is 0 Å². The summed E-state index contributed by atoms with van der Waals surface area (Å²) in [5.74, 6) is 0. The summed E-state index contributed by atoms with van der Waals surface area (Å²) in [6, 6.07) is 2.25. The molecule has 1 fully saturated rings. The number of nitrogens with one attached hydrogen (secondary N) is 2. The van der Waals surface area contributed by atoms with Gasteiger partial charge in [0.2, 0.25) is 5.03 Å². The first-order valence-electron chi connectivity index (χ1n) is 5.83. The second-order valence-corrected chi connectivity index (χ2v) is 5.86. The van der Waals surface area contributed by atoms with E-state index in [1.165, 1.54) is 12.3 Å². The predicted octanol–water partition coefficient (Wildman–Crippen LogP) is 0.442. The lowest BCUT2D eigenvalue weighted by atomic mass is 10.1. The Hall–Kier alpha value is -1.29. The van der Waals surface area contributed by atoms with Crippen molar-refractivity contribution in [2.75, 3.05) is 13.1 Å². The van der Waals surface area contributed by atoms with E-state index in [9.17, 15) is 18.5 Å². The molecule has 0 aromatic carbocycles. The van der Waals surface area contributed by atoms with Crippen LogP contribution in [0.25, 0.3) is 0 Å². The molecule has 2 rings (SSSR count). The summed E-state index contributed by atoms with van der Waals surface area (Å²) in [6.45, 7) is 1.44. The van der Waals surface area contributed by atoms with Gasteiger partial charge in [0.05, 0.1) is 4.92 Å². The van der Waals surface area contributed by atoms with Gasteiger partial charge in [-0.3, -0.25) is 10.1 Å². The van der Waals surface area contributed by atoms with Crippen molar-refractivity contribution >= 4 is 28.1 Å². The number of hydrogen-bond donors (Lipinski definition) is 2. The highest BCUT2D eigenvalue weighted by molar-refractivity contribution is 7.89. The average molecular weight is 323 g/mol. The van der Waals surface area contributed by atoms with Gasteiger partial charge in [-0.15, -0.1) is 12.4 Å². The molecule has 0 bridgehead atoms. The maximum Gasteiger partial charge on any atom is 0.308 e. The first-order chi connectivity index (χ1) is 9.00. The van der Waals surface area contributed by atoms with Gasteiger partial charge in [0.1, 0.15) is 0 Å². The van der Waals surface area contributed by atoms with E-state index in [0.29, 0.717) is 12.8 Å². The molecule has 8 nitrogen and oxygen atoms in total. The summed E-state index contributed by atoms with van der Waals surface area (Å²) in [5, 5.41) is 13.4. The summed E-state index contributed by atoms with van der Waals surface area (Å²) in [4.78, 5) is 13.7. The minimum Gasteiger partial charge on any atom is -0.317 e. The maximum atomic E-state index is 12.1. The largest absolute Gasteiger partial charge is 0.317 e. The number of halogens is 1. The lowest BCUT2D eigenvalue weighted by molar-refractivity contribution is -0.388. The van der Waals surface area contributed by atoms with Gasteiger partial charge < -0.3 is 5.32 Å². The number of aromatic nitrogens is 1. The minimum absolute atomic E-state index is 0. The van der Waals surface area contributed by atoms with Crippen LogP contribution in [0.4, 0.5) is 5.69 Å². The van der Waals surface area contributed by atoms with E-state index in [2.05, 4.69) is 15.0 Å². The summed E-state index contributed by atoms with van der Waals surface area (Å²) < 4.78 is 26.7. The molecular weight excluding hydrogens is 308 g/mol. The monoisotopic (exact) mass is 322 g/mol. The molecule has 2 N–H and O–H groups in total. The van der Waals surface area contributed by atoms with Gasteiger partial charge in [0.15, 0.2) is 0 Å². The van der Waals surface area contributed by atoms with Crippen molar-refractivity contribution < 1.29 is 13.3 Å². The molecule has 0 saturated carbocycles. The van der Waals surface area contributed by atoms with E-state index < -0.39 is 25.7 Å². The Morgan fingerprint density at radius 1 is 1.40 bits per heavy atom. The van der Waals surface area contributed by atoms with Crippen LogP contribution in [0.3, 0.4) is 0 Å². The normalized spacial score (nSPS) is 16.4. The van der Waals surface area contributed by atoms with Crippen molar-refractivity contribution in [1.29, 1.82) is 0 Å². The molecule has 0 aliphatic carbocycles. The number of rotatable bonds is 4. The van der Waals surface area contributed by atoms with Crippen LogP contribution in [-0.4, -0.2) is 37.5 Å². The van der Waals surface area contributed by atoms with Crippen LogP contribution < -0.4 is 10.0 Å². The zero-order chi connectivity index (χ0) is 13.9. The zero-order valence-electron chi connectivity index (χ0n) is 10.5. The summed E-state index contributed by atoms with van der Waals surface area (Å²) in [7, 11) is -3.97. The molecule has 1 aliphatic rings. The van der Waals surface area contributed by atoms with Crippen LogP contribution in [-0.2, 0) is 10.0 Å². The standard InChI is InChI=1S/C10H14N4O4S.ClH/c15-14(16)9-2-1-5-12-10(9)19(17,18)13-8-3-6-11-7-4-8;/h1-2,5,8,11,13H,3-4,6-7H2;1H. The molecule has 1 aromatic rings. The Bertz CT molecular complexity index is 574. The molecule has 112 valence electrons. The van der Waals surface area contributed by atoms with Gasteiger partial charge in [-0.1, -0.05) is 0 Å². The van der Waals surface area contributed by atoms with E-state index >= 15 is 0 Å². The molecule has 0 amide bonds. The van der Waals surface area contributed by atoms with E-state index in [1.54, 1.807) is 0 Å². The second kappa shape index (κ2) is 6.93. The molecule has 20 heavy (non-hydrogen) atoms. The SMILES string of the molecule is Cl.O=[N+]([O-])c1cccnc1S(=O)(=O)NC1CCNCC1. The summed E-state index contributed by atoms with van der Waals surface area (Å²) >= 11 is 0. The van der Waals surface area contributed by atoms with Gasteiger partial charge in [-0.2, -0.15) is 0 Å². The van der Waals surface area contributed by atoms with Gasteiger partial charge in [-0.05, 0) is 32.0 Å². The molecule has 2 heterocycles. The molecule has 0 unspecified atom stereocenters. The third kappa shape index (κ3) is 3.85. The maximum absolute atomic E-state index is 12.1. The second-order valence-electron chi connectivity index (χ2n) is 4.23. The van der Waals surface area contributed by atoms with Crippen LogP contribution in [0.5, 0.6) is 0 Å². The minimum atomic E-state index is -3.97. The first kappa shape index (κ1) is 16.8. The van der Waals surface area contributed by atoms with Crippen molar-refractivity contribution in [2.24, 2.45) is 0 Å². The van der Waals surface area contributed by atoms with E-state index in [1.807, 2.05) is 0 Å². The third-order valence-electron chi connectivity index (χ3n) is 2.86. The topological polar surface area (TPSA) is 114 Å². The summed E-state index contributed by atoms with van der Waals surface area (Å²) in [6.07, 6.45) is 2.53. The van der Waals surface area contributed by atoms with Gasteiger partial charge in [0, 0.05) is 18.3 Å². The predicted molar refractivity (Wildman–Crippen MR) is 74.4 cm³/mol. The highest BCUT2D eigenvalue weighted by Crippen LogP contribution is 2.21. The lowest BCUT2D eigenvalue weighted by Crippen LogP contribution is -2.42. The highest BCUT2D eigenvalue weighted by Gasteiger charge is 2.29. The van der Waals surface area contributed by atoms with Gasteiger partial charge in [0.25, 0.3) is 10.0 Å². The zero-order valence-corrected chi connectivity index (χ0v) is 12.1. The molecule has 1 saturated heterocycles. The number of piperidine rings is 1. The molecule has 1 aromatic heterocycles. The first-order valence-corrected chi connectivity index (χ1v) is 7.31. The van der Waals surface area contributed by atoms with Gasteiger partial charge in [-0.25, -0.2) is 18.1 Å². The fourth-order valence-electron chi connectivity index (χ4n) is 1.94. The Morgan fingerprint density at radius 3 is 2.65 bits per heavy atom. The molecule has 0 radical (unpaired) electrons. The third-order valence-corrected chi connectivity index (χ3v) is 4.33. The molecule has 0 atom stereocenters. The van der Waals surface area contributed by atoms with Crippen LogP contribution in [0, 0.1) is 10.1 Å². The molecule has 1 aliphatic heterocycles. The smallest absolute Gasteiger partial charge is 0.308 e. The average Bonchev–Trinajstić information content (AvgIpc) is 2.39. The Balaban J connectivity index is 0.00000200. The van der Waals surface area contributed by atoms with Crippen molar-refractivity contribution in [1.82, 2.24) is 15.0 Å². The van der Waals surface area contributed by atoms with Crippen LogP contribution in [0.2, 0.25) is 0 Å². The van der Waals surface area contributed by atoms with Crippen LogP contribution in [0.1, 0.15) is 12.8 Å². The number of pyridine rings is 1. The van der Waals surface area contributed by atoms with E-state index in [4.69, 9.17) is 0 Å². The quantitative estimate of drug-likeness (QED) is 0.614. The number of hydrogen-bond acceptors (Lipinski definition) is 6. The molecule has 10 heteroatoms. The van der Waals surface area contributed by atoms with Crippen molar-refractivity contribution in [3.8, 4) is 0 Å². The lowest BCUT2D eigenvalue weighted by Gasteiger charge is -2.23. The van der Waals surface area contributed by atoms with Crippen molar-refractivity contribution in [2.45, 2.75) is 23.9 Å². The van der Waals surface area contributed by atoms with Crippen LogP contribution >= 0.6 is 12.4 Å². The van der Waals surface area contributed by atoms with E-state index in [-0.39, 0.29) is 18.4 Å².